The Morgan fingerprint density at radius 3 is 2.20 bits per heavy atom. The molecular weight excluding hydrogens is 384 g/mol. The van der Waals surface area contributed by atoms with E-state index in [1.54, 1.807) is 36.4 Å². The average molecular weight is 412 g/mol. The van der Waals surface area contributed by atoms with Crippen LogP contribution in [0.15, 0.2) is 48.5 Å². The highest BCUT2D eigenvalue weighted by Crippen LogP contribution is 2.12. The van der Waals surface area contributed by atoms with Gasteiger partial charge in [0.15, 0.2) is 0 Å². The van der Waals surface area contributed by atoms with Crippen molar-refractivity contribution in [2.45, 2.75) is 33.4 Å². The van der Waals surface area contributed by atoms with Crippen molar-refractivity contribution >= 4 is 23.5 Å². The first kappa shape index (κ1) is 22.7. The van der Waals surface area contributed by atoms with Gasteiger partial charge in [-0.1, -0.05) is 12.1 Å². The van der Waals surface area contributed by atoms with E-state index in [-0.39, 0.29) is 30.4 Å². The number of anilines is 1. The topological polar surface area (TPSA) is 109 Å². The summed E-state index contributed by atoms with van der Waals surface area (Å²) in [6, 6.07) is 13.6. The van der Waals surface area contributed by atoms with Crippen LogP contribution in [0.5, 0.6) is 5.75 Å². The zero-order valence-electron chi connectivity index (χ0n) is 17.5. The van der Waals surface area contributed by atoms with E-state index in [2.05, 4.69) is 21.3 Å². The fourth-order valence-corrected chi connectivity index (χ4v) is 2.53. The molecule has 0 aliphatic carbocycles. The monoisotopic (exact) mass is 412 g/mol. The fourth-order valence-electron chi connectivity index (χ4n) is 2.53. The number of ether oxygens (including phenoxy) is 1. The lowest BCUT2D eigenvalue weighted by atomic mass is 10.2. The van der Waals surface area contributed by atoms with Gasteiger partial charge < -0.3 is 26.0 Å². The molecule has 0 unspecified atom stereocenters. The summed E-state index contributed by atoms with van der Waals surface area (Å²) in [4.78, 5) is 35.8. The van der Waals surface area contributed by atoms with Gasteiger partial charge in [-0.15, -0.1) is 0 Å². The summed E-state index contributed by atoms with van der Waals surface area (Å²) in [6.07, 6.45) is 0. The van der Waals surface area contributed by atoms with Crippen molar-refractivity contribution < 1.29 is 19.1 Å². The molecule has 0 aromatic heterocycles. The molecule has 30 heavy (non-hydrogen) atoms. The van der Waals surface area contributed by atoms with Gasteiger partial charge in [0.25, 0.3) is 5.91 Å². The standard InChI is InChI=1S/C22H28N4O4/c1-4-30-19-11-7-17(8-12-19)21(28)24-14-20(27)23-13-16-5-9-18(10-6-16)26-22(29)25-15(2)3/h5-12,15H,4,13-14H2,1-3H3,(H,23,27)(H,24,28)(H2,25,26,29). The highest BCUT2D eigenvalue weighted by molar-refractivity contribution is 5.96. The minimum Gasteiger partial charge on any atom is -0.494 e. The SMILES string of the molecule is CCOc1ccc(C(=O)NCC(=O)NCc2ccc(NC(=O)NC(C)C)cc2)cc1. The number of hydrogen-bond donors (Lipinski definition) is 4. The normalized spacial score (nSPS) is 10.3. The average Bonchev–Trinajstić information content (AvgIpc) is 2.71. The molecular formula is C22H28N4O4. The zero-order chi connectivity index (χ0) is 21.9. The molecule has 8 heteroatoms. The Hall–Kier alpha value is -3.55. The molecule has 0 aliphatic heterocycles. The van der Waals surface area contributed by atoms with E-state index in [4.69, 9.17) is 4.74 Å². The summed E-state index contributed by atoms with van der Waals surface area (Å²) in [7, 11) is 0. The van der Waals surface area contributed by atoms with Crippen LogP contribution in [0, 0.1) is 0 Å². The molecule has 0 radical (unpaired) electrons. The molecule has 4 amide bonds. The number of rotatable bonds is 9. The molecule has 8 nitrogen and oxygen atoms in total. The van der Waals surface area contributed by atoms with Crippen LogP contribution in [0.25, 0.3) is 0 Å². The van der Waals surface area contributed by atoms with Crippen LogP contribution in [0.2, 0.25) is 0 Å². The summed E-state index contributed by atoms with van der Waals surface area (Å²) >= 11 is 0. The van der Waals surface area contributed by atoms with Crippen molar-refractivity contribution in [2.75, 3.05) is 18.5 Å². The fraction of sp³-hybridized carbons (Fsp3) is 0.318. The molecule has 0 fully saturated rings. The van der Waals surface area contributed by atoms with Crippen LogP contribution in [0.4, 0.5) is 10.5 Å². The second-order valence-corrected chi connectivity index (χ2v) is 6.87. The van der Waals surface area contributed by atoms with Crippen molar-refractivity contribution in [1.82, 2.24) is 16.0 Å². The van der Waals surface area contributed by atoms with Crippen molar-refractivity contribution in [1.29, 1.82) is 0 Å². The smallest absolute Gasteiger partial charge is 0.319 e. The van der Waals surface area contributed by atoms with Gasteiger partial charge >= 0.3 is 6.03 Å². The Bertz CT molecular complexity index is 848. The Balaban J connectivity index is 1.73. The maximum absolute atomic E-state index is 12.1. The van der Waals surface area contributed by atoms with Crippen LogP contribution < -0.4 is 26.0 Å². The maximum atomic E-state index is 12.1. The summed E-state index contributed by atoms with van der Waals surface area (Å²) < 4.78 is 5.33. The summed E-state index contributed by atoms with van der Waals surface area (Å²) in [5, 5.41) is 10.8. The van der Waals surface area contributed by atoms with Crippen LogP contribution >= 0.6 is 0 Å². The third-order valence-corrected chi connectivity index (χ3v) is 3.96. The zero-order valence-corrected chi connectivity index (χ0v) is 17.5. The van der Waals surface area contributed by atoms with Gasteiger partial charge in [-0.05, 0) is 62.7 Å². The van der Waals surface area contributed by atoms with E-state index in [0.717, 1.165) is 5.56 Å². The highest BCUT2D eigenvalue weighted by atomic mass is 16.5. The van der Waals surface area contributed by atoms with Gasteiger partial charge in [-0.2, -0.15) is 0 Å². The van der Waals surface area contributed by atoms with E-state index in [0.29, 0.717) is 30.2 Å². The molecule has 4 N–H and O–H groups in total. The molecule has 0 heterocycles. The maximum Gasteiger partial charge on any atom is 0.319 e. The predicted molar refractivity (Wildman–Crippen MR) is 116 cm³/mol. The van der Waals surface area contributed by atoms with Crippen LogP contribution in [0.3, 0.4) is 0 Å². The Labute approximate surface area is 176 Å². The van der Waals surface area contributed by atoms with E-state index in [9.17, 15) is 14.4 Å². The largest absolute Gasteiger partial charge is 0.494 e. The molecule has 0 atom stereocenters. The first-order valence-electron chi connectivity index (χ1n) is 9.81. The van der Waals surface area contributed by atoms with Crippen molar-refractivity contribution in [3.63, 3.8) is 0 Å². The molecule has 0 saturated heterocycles. The Morgan fingerprint density at radius 1 is 0.933 bits per heavy atom. The lowest BCUT2D eigenvalue weighted by Crippen LogP contribution is -2.36. The third kappa shape index (κ3) is 7.83. The number of benzene rings is 2. The summed E-state index contributed by atoms with van der Waals surface area (Å²) in [6.45, 7) is 6.39. The van der Waals surface area contributed by atoms with Gasteiger partial charge in [0, 0.05) is 23.8 Å². The summed E-state index contributed by atoms with van der Waals surface area (Å²) in [5.41, 5.74) is 1.98. The lowest BCUT2D eigenvalue weighted by Gasteiger charge is -2.11. The van der Waals surface area contributed by atoms with Crippen LogP contribution in [0.1, 0.15) is 36.7 Å². The van der Waals surface area contributed by atoms with E-state index >= 15 is 0 Å². The second-order valence-electron chi connectivity index (χ2n) is 6.87. The van der Waals surface area contributed by atoms with Crippen molar-refractivity contribution in [2.24, 2.45) is 0 Å². The number of urea groups is 1. The molecule has 0 saturated carbocycles. The predicted octanol–water partition coefficient (Wildman–Crippen LogP) is 2.66. The van der Waals surface area contributed by atoms with Crippen molar-refractivity contribution in [3.8, 4) is 5.75 Å². The van der Waals surface area contributed by atoms with Gasteiger partial charge in [-0.25, -0.2) is 4.79 Å². The third-order valence-electron chi connectivity index (χ3n) is 3.96. The first-order chi connectivity index (χ1) is 14.4. The van der Waals surface area contributed by atoms with Crippen molar-refractivity contribution in [3.05, 3.63) is 59.7 Å². The minimum absolute atomic E-state index is 0.0504. The van der Waals surface area contributed by atoms with Gasteiger partial charge in [0.1, 0.15) is 5.75 Å². The summed E-state index contributed by atoms with van der Waals surface area (Å²) in [5.74, 6) is 0.0599. The number of carbonyl (C=O) groups excluding carboxylic acids is 3. The molecule has 160 valence electrons. The minimum atomic E-state index is -0.330. The van der Waals surface area contributed by atoms with E-state index in [1.807, 2.05) is 32.9 Å². The second kappa shape index (κ2) is 11.5. The Morgan fingerprint density at radius 2 is 1.60 bits per heavy atom. The van der Waals surface area contributed by atoms with Crippen LogP contribution in [-0.2, 0) is 11.3 Å². The van der Waals surface area contributed by atoms with Gasteiger partial charge in [-0.3, -0.25) is 9.59 Å². The first-order valence-corrected chi connectivity index (χ1v) is 9.81. The molecule has 0 spiro atoms. The van der Waals surface area contributed by atoms with Gasteiger partial charge in [0.2, 0.25) is 5.91 Å². The molecule has 2 aromatic carbocycles. The van der Waals surface area contributed by atoms with Crippen LogP contribution in [-0.4, -0.2) is 37.0 Å². The molecule has 2 aromatic rings. The number of nitrogens with one attached hydrogen (secondary N) is 4. The lowest BCUT2D eigenvalue weighted by molar-refractivity contribution is -0.120. The number of hydrogen-bond acceptors (Lipinski definition) is 4. The molecule has 0 aliphatic rings. The van der Waals surface area contributed by atoms with E-state index in [1.165, 1.54) is 0 Å². The van der Waals surface area contributed by atoms with E-state index < -0.39 is 0 Å². The number of amides is 4. The number of carbonyl (C=O) groups is 3. The quantitative estimate of drug-likeness (QED) is 0.508. The molecule has 0 bridgehead atoms. The Kier molecular flexibility index (Phi) is 8.68. The van der Waals surface area contributed by atoms with Gasteiger partial charge in [0.05, 0.1) is 13.2 Å². The molecule has 2 rings (SSSR count). The highest BCUT2D eigenvalue weighted by Gasteiger charge is 2.08.